The molecule has 6 bridgehead atoms. The quantitative estimate of drug-likeness (QED) is 0.183. The number of carbonyl (C=O) groups excluding carboxylic acids is 5. The predicted molar refractivity (Wildman–Crippen MR) is 277 cm³/mol. The zero-order chi connectivity index (χ0) is 50.9. The molecule has 5 aliphatic rings. The molecule has 4 amide bonds. The molecule has 15 heteroatoms. The molecule has 0 spiro atoms. The van der Waals surface area contributed by atoms with Crippen molar-refractivity contribution in [2.24, 2.45) is 23.2 Å². The summed E-state index contributed by atoms with van der Waals surface area (Å²) in [5.74, 6) is 3.85. The van der Waals surface area contributed by atoms with Crippen LogP contribution >= 0.6 is 0 Å². The number of benzene rings is 1. The number of carbonyl (C=O) groups is 5. The van der Waals surface area contributed by atoms with Gasteiger partial charge in [0.2, 0.25) is 11.8 Å². The van der Waals surface area contributed by atoms with Crippen molar-refractivity contribution in [3.63, 3.8) is 0 Å². The molecule has 5 aliphatic heterocycles. The molecule has 0 aliphatic carbocycles. The summed E-state index contributed by atoms with van der Waals surface area (Å²) < 4.78 is 8.58. The first kappa shape index (κ1) is 51.9. The molecule has 15 nitrogen and oxygen atoms in total. The second-order valence-corrected chi connectivity index (χ2v) is 22.9. The van der Waals surface area contributed by atoms with Crippen molar-refractivity contribution in [3.05, 3.63) is 47.8 Å². The fourth-order valence-corrected chi connectivity index (χ4v) is 11.7. The summed E-state index contributed by atoms with van der Waals surface area (Å²) in [4.78, 5) is 83.8. The van der Waals surface area contributed by atoms with E-state index in [2.05, 4.69) is 95.8 Å². The van der Waals surface area contributed by atoms with Crippen LogP contribution < -0.4 is 15.6 Å². The van der Waals surface area contributed by atoms with E-state index in [0.717, 1.165) is 79.0 Å². The summed E-state index contributed by atoms with van der Waals surface area (Å²) in [5, 5.41) is 5.84. The third kappa shape index (κ3) is 11.1. The minimum Gasteiger partial charge on any atom is -0.464 e. The first-order valence-electron chi connectivity index (χ1n) is 26.5. The molecule has 2 N–H and O–H groups in total. The number of aryl methyl sites for hydroxylation is 1. The molecule has 71 heavy (non-hydrogen) atoms. The van der Waals surface area contributed by atoms with Gasteiger partial charge in [-0.2, -0.15) is 0 Å². The minimum atomic E-state index is -0.930. The van der Waals surface area contributed by atoms with Crippen LogP contribution in [0.2, 0.25) is 0 Å². The number of pyridine rings is 1. The van der Waals surface area contributed by atoms with Crippen LogP contribution in [-0.4, -0.2) is 142 Å². The van der Waals surface area contributed by atoms with Gasteiger partial charge in [0.25, 0.3) is 11.8 Å². The van der Waals surface area contributed by atoms with E-state index in [1.807, 2.05) is 40.0 Å². The lowest BCUT2D eigenvalue weighted by atomic mass is 9.84. The molecule has 4 fully saturated rings. The molecule has 8 rings (SSSR count). The summed E-state index contributed by atoms with van der Waals surface area (Å²) >= 11 is 0. The number of hydrogen-bond acceptors (Lipinski definition) is 10. The van der Waals surface area contributed by atoms with Crippen molar-refractivity contribution in [3.8, 4) is 23.1 Å². The van der Waals surface area contributed by atoms with Crippen molar-refractivity contribution < 1.29 is 28.7 Å². The summed E-state index contributed by atoms with van der Waals surface area (Å²) in [6.07, 6.45) is 7.38. The number of rotatable bonds is 9. The maximum atomic E-state index is 14.9. The molecule has 1 aromatic carbocycles. The third-order valence-corrected chi connectivity index (χ3v) is 15.8. The van der Waals surface area contributed by atoms with Crippen molar-refractivity contribution in [2.45, 2.75) is 150 Å². The Labute approximate surface area is 421 Å². The van der Waals surface area contributed by atoms with E-state index in [1.54, 1.807) is 11.9 Å². The van der Waals surface area contributed by atoms with Gasteiger partial charge in [-0.15, -0.1) is 0 Å². The number of fused-ring (bicyclic) bond motifs is 6. The zero-order valence-electron chi connectivity index (χ0n) is 44.1. The standard InChI is InChI=1S/C56H79N9O6/c1-11-64-46-20-19-40-31-42(46)43(50(64)41-17-12-24-57-48(41)36(2)3)32-55(6,7)35-71-54(70)44-18-14-28-65(59-44)53(69)45(30-38-16-13-25-61(40)33-38)58-51(67)49(37(4)5)60(10)52(68)39-22-29-62(34-39)47(66)21-23-56(8,9)63-26-15-27-63/h12,17,19-20,24,31,36-39,44-45,49,59H,11,13-16,18,22,25-30,32-35H2,1-10H3,(H,58,67)/t38-,39?,44?,45-,49-/m0/s1. The largest absolute Gasteiger partial charge is 0.464 e. The summed E-state index contributed by atoms with van der Waals surface area (Å²) in [6.45, 7) is 24.1. The van der Waals surface area contributed by atoms with Crippen molar-refractivity contribution in [2.75, 3.05) is 64.4 Å². The lowest BCUT2D eigenvalue weighted by molar-refractivity contribution is -0.155. The number of likely N-dealkylation sites (N-methyl/N-ethyl adjacent to an activating group) is 1. The van der Waals surface area contributed by atoms with E-state index in [4.69, 9.17) is 9.72 Å². The Morgan fingerprint density at radius 1 is 0.986 bits per heavy atom. The number of piperidine rings is 1. The highest BCUT2D eigenvalue weighted by molar-refractivity contribution is 5.96. The molecular weight excluding hydrogens is 895 g/mol. The molecule has 7 heterocycles. The fourth-order valence-electron chi connectivity index (χ4n) is 11.7. The second kappa shape index (κ2) is 21.3. The Kier molecular flexibility index (Phi) is 15.6. The summed E-state index contributed by atoms with van der Waals surface area (Å²) in [5.41, 5.74) is 9.13. The molecule has 4 saturated heterocycles. The van der Waals surface area contributed by atoms with E-state index < -0.39 is 46.9 Å². The molecule has 2 unspecified atom stereocenters. The van der Waals surface area contributed by atoms with Gasteiger partial charge < -0.3 is 29.3 Å². The van der Waals surface area contributed by atoms with Gasteiger partial charge in [0, 0.05) is 93.2 Å². The molecule has 384 valence electrons. The van der Waals surface area contributed by atoms with Crippen LogP contribution in [0.25, 0.3) is 22.2 Å². The van der Waals surface area contributed by atoms with Gasteiger partial charge >= 0.3 is 5.97 Å². The molecule has 5 atom stereocenters. The molecule has 2 aromatic heterocycles. The summed E-state index contributed by atoms with van der Waals surface area (Å²) in [6, 6.07) is 8.43. The normalized spacial score (nSPS) is 23.7. The maximum absolute atomic E-state index is 14.9. The van der Waals surface area contributed by atoms with Gasteiger partial charge in [-0.1, -0.05) is 47.5 Å². The predicted octanol–water partition coefficient (Wildman–Crippen LogP) is 6.38. The van der Waals surface area contributed by atoms with Crippen LogP contribution in [0.4, 0.5) is 5.69 Å². The average molecular weight is 974 g/mol. The molecule has 0 radical (unpaired) electrons. The van der Waals surface area contributed by atoms with Gasteiger partial charge in [-0.05, 0) is 132 Å². The Bertz CT molecular complexity index is 2550. The smallest absolute Gasteiger partial charge is 0.324 e. The van der Waals surface area contributed by atoms with Gasteiger partial charge in [-0.3, -0.25) is 38.9 Å². The molecular formula is C56H79N9O6. The molecule has 3 aromatic rings. The Morgan fingerprint density at radius 3 is 2.45 bits per heavy atom. The highest BCUT2D eigenvalue weighted by atomic mass is 16.5. The highest BCUT2D eigenvalue weighted by Crippen LogP contribution is 2.42. The topological polar surface area (TPSA) is 153 Å². The van der Waals surface area contributed by atoms with Gasteiger partial charge in [0.15, 0.2) is 0 Å². The number of aromatic nitrogens is 2. The van der Waals surface area contributed by atoms with Gasteiger partial charge in [0.05, 0.1) is 29.5 Å². The summed E-state index contributed by atoms with van der Waals surface area (Å²) in [7, 11) is 1.65. The number of ether oxygens (including phenoxy) is 1. The van der Waals surface area contributed by atoms with Crippen molar-refractivity contribution in [1.82, 2.24) is 40.0 Å². The van der Waals surface area contributed by atoms with Crippen LogP contribution in [0.3, 0.4) is 0 Å². The number of nitrogens with zero attached hydrogens (tertiary/aromatic N) is 7. The van der Waals surface area contributed by atoms with Crippen LogP contribution in [0.1, 0.15) is 124 Å². The number of amides is 4. The van der Waals surface area contributed by atoms with Crippen LogP contribution in [0, 0.1) is 35.0 Å². The average Bonchev–Trinajstić information content (AvgIpc) is 3.94. The van der Waals surface area contributed by atoms with E-state index in [-0.39, 0.29) is 48.6 Å². The van der Waals surface area contributed by atoms with Crippen LogP contribution in [0.15, 0.2) is 36.5 Å². The first-order valence-corrected chi connectivity index (χ1v) is 26.5. The number of esters is 1. The van der Waals surface area contributed by atoms with Crippen LogP contribution in [-0.2, 0) is 41.7 Å². The number of likely N-dealkylation sites (tertiary alicyclic amines) is 2. The number of cyclic esters (lactones) is 1. The Hall–Kier alpha value is -5.46. The number of nitrogens with one attached hydrogen (secondary N) is 2. The van der Waals surface area contributed by atoms with E-state index in [1.165, 1.54) is 15.5 Å². The van der Waals surface area contributed by atoms with Gasteiger partial charge in [0.1, 0.15) is 18.1 Å². The molecule has 0 saturated carbocycles. The number of hydrogen-bond donors (Lipinski definition) is 2. The number of hydrazine groups is 1. The van der Waals surface area contributed by atoms with Crippen molar-refractivity contribution >= 4 is 46.2 Å². The Balaban J connectivity index is 1.07. The first-order chi connectivity index (χ1) is 33.8. The third-order valence-electron chi connectivity index (χ3n) is 15.8. The minimum absolute atomic E-state index is 0.0507. The lowest BCUT2D eigenvalue weighted by Gasteiger charge is -2.41. The fraction of sp³-hybridized carbons (Fsp3) is 0.643. The lowest BCUT2D eigenvalue weighted by Crippen LogP contribution is -2.62. The van der Waals surface area contributed by atoms with Gasteiger partial charge in [-0.25, -0.2) is 5.43 Å². The second-order valence-electron chi connectivity index (χ2n) is 22.9. The highest BCUT2D eigenvalue weighted by Gasteiger charge is 2.41. The van der Waals surface area contributed by atoms with Crippen LogP contribution in [0.5, 0.6) is 0 Å². The number of anilines is 1. The zero-order valence-corrected chi connectivity index (χ0v) is 44.1. The van der Waals surface area contributed by atoms with Crippen molar-refractivity contribution in [1.29, 1.82) is 0 Å². The Morgan fingerprint density at radius 2 is 1.75 bits per heavy atom. The monoisotopic (exact) mass is 974 g/mol. The SMILES string of the molecule is CCn1c(-c2cccnc2C(C)C)c2c3cc(ccc31)N1CCC[C@@H](C[C@H](NC(=O)[C@H](C(C)C)N(C)C(=O)C3CCN(C(=O)C#CC(C)(C)N4CCC4)C3)C(=O)N3CCCC(N3)C(=O)OCC(C)(C)C2)C1. The van der Waals surface area contributed by atoms with E-state index in [0.29, 0.717) is 51.7 Å². The van der Waals surface area contributed by atoms with E-state index in [9.17, 15) is 24.0 Å². The van der Waals surface area contributed by atoms with E-state index >= 15 is 0 Å². The maximum Gasteiger partial charge on any atom is 0.324 e.